The Morgan fingerprint density at radius 1 is 1.48 bits per heavy atom. The topological polar surface area (TPSA) is 102 Å². The van der Waals surface area contributed by atoms with Crippen LogP contribution in [0, 0.1) is 6.92 Å². The van der Waals surface area contributed by atoms with Crippen LogP contribution in [0.15, 0.2) is 10.8 Å². The second kappa shape index (κ2) is 6.98. The molecule has 130 valence electrons. The molecule has 8 nitrogen and oxygen atoms in total. The molecule has 0 spiro atoms. The van der Waals surface area contributed by atoms with Gasteiger partial charge in [0, 0.05) is 32.3 Å². The standard InChI is InChI=1S/C14H23N3O5S/c1-11-12(22-10-15-11)13(18)17-7-4-14(5-8-17,6-9-21-2)16-23(3,19)20/h10,16H,4-9H2,1-3H3. The molecule has 2 rings (SSSR count). The molecule has 0 saturated carbocycles. The SMILES string of the molecule is COCCC1(NS(C)(=O)=O)CCN(C(=O)c2ocnc2C)CC1. The highest BCUT2D eigenvalue weighted by molar-refractivity contribution is 7.88. The first-order chi connectivity index (χ1) is 10.8. The van der Waals surface area contributed by atoms with Crippen molar-refractivity contribution in [3.05, 3.63) is 17.8 Å². The van der Waals surface area contributed by atoms with Crippen LogP contribution >= 0.6 is 0 Å². The van der Waals surface area contributed by atoms with Crippen LogP contribution in [0.5, 0.6) is 0 Å². The fourth-order valence-corrected chi connectivity index (χ4v) is 3.98. The van der Waals surface area contributed by atoms with Gasteiger partial charge >= 0.3 is 0 Å². The van der Waals surface area contributed by atoms with Crippen molar-refractivity contribution in [2.45, 2.75) is 31.7 Å². The van der Waals surface area contributed by atoms with E-state index < -0.39 is 15.6 Å². The number of likely N-dealkylation sites (tertiary alicyclic amines) is 1. The Morgan fingerprint density at radius 3 is 2.61 bits per heavy atom. The number of methoxy groups -OCH3 is 1. The average molecular weight is 345 g/mol. The number of hydrogen-bond donors (Lipinski definition) is 1. The van der Waals surface area contributed by atoms with E-state index in [1.807, 2.05) is 0 Å². The van der Waals surface area contributed by atoms with Crippen LogP contribution in [0.3, 0.4) is 0 Å². The number of aromatic nitrogens is 1. The molecule has 1 fully saturated rings. The first-order valence-corrected chi connectivity index (χ1v) is 9.33. The average Bonchev–Trinajstić information content (AvgIpc) is 2.90. The van der Waals surface area contributed by atoms with E-state index in [9.17, 15) is 13.2 Å². The van der Waals surface area contributed by atoms with E-state index in [0.29, 0.717) is 44.7 Å². The van der Waals surface area contributed by atoms with E-state index in [2.05, 4.69) is 9.71 Å². The predicted molar refractivity (Wildman–Crippen MR) is 83.6 cm³/mol. The van der Waals surface area contributed by atoms with E-state index in [0.717, 1.165) is 6.26 Å². The lowest BCUT2D eigenvalue weighted by Crippen LogP contribution is -2.56. The summed E-state index contributed by atoms with van der Waals surface area (Å²) >= 11 is 0. The first kappa shape index (κ1) is 17.9. The van der Waals surface area contributed by atoms with Crippen molar-refractivity contribution in [3.8, 4) is 0 Å². The molecule has 1 saturated heterocycles. The molecular formula is C14H23N3O5S. The van der Waals surface area contributed by atoms with Crippen LogP contribution in [0.4, 0.5) is 0 Å². The molecule has 0 atom stereocenters. The van der Waals surface area contributed by atoms with Gasteiger partial charge < -0.3 is 14.1 Å². The van der Waals surface area contributed by atoms with Crippen molar-refractivity contribution < 1.29 is 22.4 Å². The Bertz CT molecular complexity index is 647. The van der Waals surface area contributed by atoms with Crippen molar-refractivity contribution in [2.75, 3.05) is 33.1 Å². The van der Waals surface area contributed by atoms with Gasteiger partial charge in [0.1, 0.15) is 0 Å². The second-order valence-electron chi connectivity index (χ2n) is 5.96. The summed E-state index contributed by atoms with van der Waals surface area (Å²) in [6, 6.07) is 0. The molecule has 9 heteroatoms. The quantitative estimate of drug-likeness (QED) is 0.807. The van der Waals surface area contributed by atoms with Gasteiger partial charge in [-0.15, -0.1) is 0 Å². The number of oxazole rings is 1. The summed E-state index contributed by atoms with van der Waals surface area (Å²) in [4.78, 5) is 18.0. The molecule has 1 aromatic rings. The molecule has 0 unspecified atom stereocenters. The highest BCUT2D eigenvalue weighted by atomic mass is 32.2. The zero-order valence-electron chi connectivity index (χ0n) is 13.7. The lowest BCUT2D eigenvalue weighted by atomic mass is 9.85. The van der Waals surface area contributed by atoms with Crippen molar-refractivity contribution in [3.63, 3.8) is 0 Å². The van der Waals surface area contributed by atoms with Gasteiger partial charge in [0.2, 0.25) is 15.8 Å². The van der Waals surface area contributed by atoms with E-state index in [1.165, 1.54) is 6.39 Å². The van der Waals surface area contributed by atoms with Crippen molar-refractivity contribution in [1.82, 2.24) is 14.6 Å². The Morgan fingerprint density at radius 2 is 2.13 bits per heavy atom. The molecule has 1 aromatic heterocycles. The maximum atomic E-state index is 12.4. The Labute approximate surface area is 136 Å². The van der Waals surface area contributed by atoms with Crippen LogP contribution in [-0.4, -0.2) is 62.8 Å². The molecule has 1 aliphatic rings. The van der Waals surface area contributed by atoms with Gasteiger partial charge in [-0.25, -0.2) is 18.1 Å². The van der Waals surface area contributed by atoms with Crippen LogP contribution < -0.4 is 4.72 Å². The van der Waals surface area contributed by atoms with Crippen LogP contribution in [0.2, 0.25) is 0 Å². The van der Waals surface area contributed by atoms with Gasteiger partial charge in [0.05, 0.1) is 11.9 Å². The molecule has 1 amide bonds. The third-order valence-corrected chi connectivity index (χ3v) is 4.94. The van der Waals surface area contributed by atoms with Crippen LogP contribution in [0.1, 0.15) is 35.5 Å². The number of ether oxygens (including phenoxy) is 1. The molecule has 1 N–H and O–H groups in total. The molecule has 1 aliphatic heterocycles. The van der Waals surface area contributed by atoms with Gasteiger partial charge in [-0.2, -0.15) is 0 Å². The minimum atomic E-state index is -3.34. The van der Waals surface area contributed by atoms with E-state index in [4.69, 9.17) is 9.15 Å². The first-order valence-electron chi connectivity index (χ1n) is 7.44. The summed E-state index contributed by atoms with van der Waals surface area (Å²) in [6.45, 7) is 3.07. The lowest BCUT2D eigenvalue weighted by Gasteiger charge is -2.41. The van der Waals surface area contributed by atoms with E-state index in [1.54, 1.807) is 18.9 Å². The number of carbonyl (C=O) groups is 1. The maximum absolute atomic E-state index is 12.4. The van der Waals surface area contributed by atoms with Crippen LogP contribution in [-0.2, 0) is 14.8 Å². The van der Waals surface area contributed by atoms with Gasteiger partial charge in [0.25, 0.3) is 5.91 Å². The lowest BCUT2D eigenvalue weighted by molar-refractivity contribution is 0.0590. The fraction of sp³-hybridized carbons (Fsp3) is 0.714. The summed E-state index contributed by atoms with van der Waals surface area (Å²) in [7, 11) is -1.75. The number of nitrogens with zero attached hydrogens (tertiary/aromatic N) is 2. The number of carbonyl (C=O) groups excluding carboxylic acids is 1. The van der Waals surface area contributed by atoms with Crippen molar-refractivity contribution in [2.24, 2.45) is 0 Å². The largest absolute Gasteiger partial charge is 0.438 e. The third kappa shape index (κ3) is 4.52. The number of sulfonamides is 1. The summed E-state index contributed by atoms with van der Waals surface area (Å²) in [5.74, 6) is 0.0326. The highest BCUT2D eigenvalue weighted by Gasteiger charge is 2.38. The van der Waals surface area contributed by atoms with Gasteiger partial charge in [-0.3, -0.25) is 4.79 Å². The molecular weight excluding hydrogens is 322 g/mol. The number of piperidine rings is 1. The molecule has 0 aliphatic carbocycles. The number of rotatable bonds is 6. The Kier molecular flexibility index (Phi) is 5.43. The monoisotopic (exact) mass is 345 g/mol. The number of nitrogens with one attached hydrogen (secondary N) is 1. The van der Waals surface area contributed by atoms with Gasteiger partial charge in [-0.05, 0) is 26.2 Å². The minimum Gasteiger partial charge on any atom is -0.438 e. The summed E-state index contributed by atoms with van der Waals surface area (Å²) in [6.07, 6.45) is 4.03. The zero-order valence-corrected chi connectivity index (χ0v) is 14.5. The molecule has 0 radical (unpaired) electrons. The number of amides is 1. The zero-order chi connectivity index (χ0) is 17.1. The minimum absolute atomic E-state index is 0.209. The Hall–Kier alpha value is -1.45. The van der Waals surface area contributed by atoms with Gasteiger partial charge in [0.15, 0.2) is 6.39 Å². The summed E-state index contributed by atoms with van der Waals surface area (Å²) in [5.41, 5.74) is -0.0166. The summed E-state index contributed by atoms with van der Waals surface area (Å²) in [5, 5.41) is 0. The van der Waals surface area contributed by atoms with Crippen LogP contribution in [0.25, 0.3) is 0 Å². The van der Waals surface area contributed by atoms with Gasteiger partial charge in [-0.1, -0.05) is 0 Å². The number of hydrogen-bond acceptors (Lipinski definition) is 6. The fourth-order valence-electron chi connectivity index (χ4n) is 2.88. The molecule has 2 heterocycles. The second-order valence-corrected chi connectivity index (χ2v) is 7.70. The molecule has 0 aromatic carbocycles. The summed E-state index contributed by atoms with van der Waals surface area (Å²) < 4.78 is 36.3. The van der Waals surface area contributed by atoms with E-state index >= 15 is 0 Å². The van der Waals surface area contributed by atoms with Crippen molar-refractivity contribution in [1.29, 1.82) is 0 Å². The molecule has 0 bridgehead atoms. The van der Waals surface area contributed by atoms with Crippen molar-refractivity contribution >= 4 is 15.9 Å². The smallest absolute Gasteiger partial charge is 0.291 e. The third-order valence-electron chi connectivity index (χ3n) is 4.13. The maximum Gasteiger partial charge on any atom is 0.291 e. The normalized spacial score (nSPS) is 18.1. The molecule has 23 heavy (non-hydrogen) atoms. The highest BCUT2D eigenvalue weighted by Crippen LogP contribution is 2.28. The predicted octanol–water partition coefficient (Wildman–Crippen LogP) is 0.544. The van der Waals surface area contributed by atoms with E-state index in [-0.39, 0.29) is 11.7 Å². The Balaban J connectivity index is 2.06. The number of aryl methyl sites for hydroxylation is 1.